The van der Waals surface area contributed by atoms with Crippen LogP contribution in [0.1, 0.15) is 23.6 Å². The number of nitrogens with one attached hydrogen (secondary N) is 1. The molecule has 4 nitrogen and oxygen atoms in total. The fourth-order valence-electron chi connectivity index (χ4n) is 1.82. The van der Waals surface area contributed by atoms with Crippen molar-refractivity contribution in [2.45, 2.75) is 31.8 Å². The summed E-state index contributed by atoms with van der Waals surface area (Å²) >= 11 is 1.61. The minimum absolute atomic E-state index is 0.0727. The van der Waals surface area contributed by atoms with Gasteiger partial charge in [-0.25, -0.2) is 9.97 Å². The zero-order valence-corrected chi connectivity index (χ0v) is 13.3. The molecule has 0 aliphatic carbocycles. The Balaban J connectivity index is 1.90. The fraction of sp³-hybridized carbons (Fsp3) is 0.312. The Kier molecular flexibility index (Phi) is 5.33. The zero-order valence-electron chi connectivity index (χ0n) is 12.5. The van der Waals surface area contributed by atoms with E-state index in [4.69, 9.17) is 0 Å². The molecule has 0 spiro atoms. The molecule has 110 valence electrons. The molecule has 0 saturated heterocycles. The van der Waals surface area contributed by atoms with E-state index in [9.17, 15) is 4.79 Å². The van der Waals surface area contributed by atoms with Crippen LogP contribution in [0.4, 0.5) is 5.95 Å². The lowest BCUT2D eigenvalue weighted by Crippen LogP contribution is -2.23. The maximum absolute atomic E-state index is 12.1. The second kappa shape index (κ2) is 7.22. The van der Waals surface area contributed by atoms with Crippen LogP contribution in [0.3, 0.4) is 0 Å². The number of benzene rings is 1. The molecular formula is C16H19N3OS. The highest BCUT2D eigenvalue weighted by atomic mass is 32.2. The Morgan fingerprint density at radius 3 is 2.71 bits per heavy atom. The van der Waals surface area contributed by atoms with Crippen molar-refractivity contribution in [2.75, 3.05) is 5.32 Å². The predicted octanol–water partition coefficient (Wildman–Crippen LogP) is 3.35. The van der Waals surface area contributed by atoms with Gasteiger partial charge in [-0.2, -0.15) is 0 Å². The van der Waals surface area contributed by atoms with Crippen LogP contribution in [0.2, 0.25) is 0 Å². The zero-order chi connectivity index (χ0) is 15.2. The van der Waals surface area contributed by atoms with E-state index in [2.05, 4.69) is 47.3 Å². The first-order valence-electron chi connectivity index (χ1n) is 6.82. The maximum Gasteiger partial charge on any atom is 0.239 e. The Bertz CT molecular complexity index is 616. The van der Waals surface area contributed by atoms with Crippen molar-refractivity contribution in [1.29, 1.82) is 0 Å². The first-order valence-corrected chi connectivity index (χ1v) is 7.87. The molecule has 1 aromatic carbocycles. The number of rotatable bonds is 5. The highest BCUT2D eigenvalue weighted by molar-refractivity contribution is 7.99. The second-order valence-corrected chi connectivity index (χ2v) is 6.27. The highest BCUT2D eigenvalue weighted by Gasteiger charge is 2.15. The minimum atomic E-state index is -0.159. The van der Waals surface area contributed by atoms with Crippen LogP contribution < -0.4 is 5.32 Å². The first-order chi connectivity index (χ1) is 10.1. The van der Waals surface area contributed by atoms with Gasteiger partial charge in [0.15, 0.2) is 0 Å². The van der Waals surface area contributed by atoms with E-state index in [0.29, 0.717) is 5.95 Å². The number of aryl methyl sites for hydroxylation is 2. The molecule has 0 radical (unpaired) electrons. The summed E-state index contributed by atoms with van der Waals surface area (Å²) in [6.07, 6.45) is 3.22. The van der Waals surface area contributed by atoms with Crippen LogP contribution in [0.5, 0.6) is 0 Å². The summed E-state index contributed by atoms with van der Waals surface area (Å²) < 4.78 is 0. The van der Waals surface area contributed by atoms with Gasteiger partial charge < -0.3 is 0 Å². The molecule has 0 fully saturated rings. The molecule has 21 heavy (non-hydrogen) atoms. The van der Waals surface area contributed by atoms with E-state index in [0.717, 1.165) is 5.75 Å². The van der Waals surface area contributed by atoms with Crippen LogP contribution in [-0.4, -0.2) is 21.1 Å². The van der Waals surface area contributed by atoms with Crippen LogP contribution >= 0.6 is 11.8 Å². The summed E-state index contributed by atoms with van der Waals surface area (Å²) in [5, 5.41) is 2.56. The number of hydrogen-bond donors (Lipinski definition) is 1. The van der Waals surface area contributed by atoms with Gasteiger partial charge in [-0.05, 0) is 38.0 Å². The smallest absolute Gasteiger partial charge is 0.239 e. The van der Waals surface area contributed by atoms with E-state index in [-0.39, 0.29) is 11.2 Å². The standard InChI is InChI=1S/C16H19N3OS/c1-11-5-6-12(2)14(9-11)10-21-13(3)15(20)19-16-17-7-4-8-18-16/h4-9,13H,10H2,1-3H3,(H,17,18,19,20)/t13-/m1/s1. The molecule has 2 rings (SSSR count). The van der Waals surface area contributed by atoms with Crippen LogP contribution in [0, 0.1) is 13.8 Å². The molecule has 1 aromatic heterocycles. The number of hydrogen-bond acceptors (Lipinski definition) is 4. The number of carbonyl (C=O) groups excluding carboxylic acids is 1. The lowest BCUT2D eigenvalue weighted by molar-refractivity contribution is -0.115. The molecule has 5 heteroatoms. The topological polar surface area (TPSA) is 54.9 Å². The summed E-state index contributed by atoms with van der Waals surface area (Å²) in [4.78, 5) is 20.1. The maximum atomic E-state index is 12.1. The molecule has 0 aliphatic rings. The van der Waals surface area contributed by atoms with E-state index in [1.807, 2.05) is 6.92 Å². The van der Waals surface area contributed by atoms with Crippen molar-refractivity contribution in [3.8, 4) is 0 Å². The van der Waals surface area contributed by atoms with Crippen LogP contribution in [-0.2, 0) is 10.5 Å². The van der Waals surface area contributed by atoms with Gasteiger partial charge in [0.2, 0.25) is 11.9 Å². The van der Waals surface area contributed by atoms with E-state index in [1.165, 1.54) is 16.7 Å². The van der Waals surface area contributed by atoms with E-state index < -0.39 is 0 Å². The number of thioether (sulfide) groups is 1. The molecule has 1 N–H and O–H groups in total. The molecule has 1 amide bonds. The molecule has 0 unspecified atom stereocenters. The SMILES string of the molecule is Cc1ccc(C)c(CS[C@H](C)C(=O)Nc2ncccn2)c1. The number of carbonyl (C=O) groups is 1. The molecule has 0 aliphatic heterocycles. The Hall–Kier alpha value is -1.88. The lowest BCUT2D eigenvalue weighted by Gasteiger charge is -2.12. The van der Waals surface area contributed by atoms with Gasteiger partial charge in [0, 0.05) is 18.1 Å². The summed E-state index contributed by atoms with van der Waals surface area (Å²) in [6, 6.07) is 8.11. The van der Waals surface area contributed by atoms with Gasteiger partial charge in [-0.1, -0.05) is 23.8 Å². The third-order valence-corrected chi connectivity index (χ3v) is 4.36. The minimum Gasteiger partial charge on any atom is -0.294 e. The lowest BCUT2D eigenvalue weighted by atomic mass is 10.1. The third-order valence-electron chi connectivity index (χ3n) is 3.16. The summed E-state index contributed by atoms with van der Waals surface area (Å²) in [6.45, 7) is 6.07. The van der Waals surface area contributed by atoms with E-state index in [1.54, 1.807) is 30.2 Å². The van der Waals surface area contributed by atoms with Crippen LogP contribution in [0.25, 0.3) is 0 Å². The fourth-order valence-corrected chi connectivity index (χ4v) is 2.77. The number of nitrogens with zero attached hydrogens (tertiary/aromatic N) is 2. The van der Waals surface area contributed by atoms with Gasteiger partial charge in [-0.3, -0.25) is 10.1 Å². The molecule has 0 saturated carbocycles. The average Bonchev–Trinajstić information content (AvgIpc) is 2.49. The largest absolute Gasteiger partial charge is 0.294 e. The van der Waals surface area contributed by atoms with Crippen LogP contribution in [0.15, 0.2) is 36.7 Å². The summed E-state index contributed by atoms with van der Waals surface area (Å²) in [7, 11) is 0. The van der Waals surface area contributed by atoms with Gasteiger partial charge in [-0.15, -0.1) is 11.8 Å². The van der Waals surface area contributed by atoms with Crippen molar-refractivity contribution in [3.63, 3.8) is 0 Å². The molecule has 1 heterocycles. The number of anilines is 1. The molecule has 1 atom stereocenters. The Morgan fingerprint density at radius 1 is 1.29 bits per heavy atom. The number of amides is 1. The van der Waals surface area contributed by atoms with Crippen molar-refractivity contribution in [3.05, 3.63) is 53.3 Å². The normalized spacial score (nSPS) is 12.0. The van der Waals surface area contributed by atoms with Crippen molar-refractivity contribution in [2.24, 2.45) is 0 Å². The van der Waals surface area contributed by atoms with Crippen molar-refractivity contribution < 1.29 is 4.79 Å². The summed E-state index contributed by atoms with van der Waals surface area (Å²) in [5.41, 5.74) is 3.77. The molecule has 2 aromatic rings. The Labute approximate surface area is 129 Å². The second-order valence-electron chi connectivity index (χ2n) is 4.94. The molecular weight excluding hydrogens is 282 g/mol. The van der Waals surface area contributed by atoms with Gasteiger partial charge in [0.25, 0.3) is 0 Å². The Morgan fingerprint density at radius 2 is 2.00 bits per heavy atom. The van der Waals surface area contributed by atoms with Gasteiger partial charge in [0.1, 0.15) is 0 Å². The van der Waals surface area contributed by atoms with Gasteiger partial charge in [0.05, 0.1) is 5.25 Å². The predicted molar refractivity (Wildman–Crippen MR) is 87.3 cm³/mol. The third kappa shape index (κ3) is 4.56. The van der Waals surface area contributed by atoms with E-state index >= 15 is 0 Å². The van der Waals surface area contributed by atoms with Crippen molar-refractivity contribution in [1.82, 2.24) is 9.97 Å². The summed E-state index contributed by atoms with van der Waals surface area (Å²) in [5.74, 6) is 1.09. The van der Waals surface area contributed by atoms with Crippen molar-refractivity contribution >= 4 is 23.6 Å². The molecule has 0 bridgehead atoms. The highest BCUT2D eigenvalue weighted by Crippen LogP contribution is 2.21. The number of aromatic nitrogens is 2. The quantitative estimate of drug-likeness (QED) is 0.920. The average molecular weight is 301 g/mol. The monoisotopic (exact) mass is 301 g/mol. The first kappa shape index (κ1) is 15.5. The van der Waals surface area contributed by atoms with Gasteiger partial charge >= 0.3 is 0 Å².